The summed E-state index contributed by atoms with van der Waals surface area (Å²) in [4.78, 5) is 15.5. The van der Waals surface area contributed by atoms with E-state index in [0.717, 1.165) is 60.7 Å². The van der Waals surface area contributed by atoms with Crippen LogP contribution in [0, 0.1) is 0 Å². The molecule has 0 N–H and O–H groups in total. The third-order valence-corrected chi connectivity index (χ3v) is 12.2. The van der Waals surface area contributed by atoms with Crippen molar-refractivity contribution in [3.05, 3.63) is 182 Å². The molecule has 266 valence electrons. The SMILES string of the molecule is c1ccc(-c2nc(-c3ccc4c(c3)oc3ccc(-c5cccc6sc7ccccc7c56)cc34)nc(-c3cccc4c5ccccc5n(-c5ccccc5)c34)n2)cc1. The molecule has 12 rings (SSSR count). The van der Waals surface area contributed by atoms with Gasteiger partial charge in [-0.1, -0.05) is 121 Å². The second kappa shape index (κ2) is 12.6. The number of fused-ring (bicyclic) bond motifs is 9. The van der Waals surface area contributed by atoms with Gasteiger partial charge in [0, 0.05) is 64.1 Å². The molecule has 0 unspecified atom stereocenters. The molecule has 0 fully saturated rings. The Morgan fingerprint density at radius 1 is 0.404 bits per heavy atom. The number of hydrogen-bond acceptors (Lipinski definition) is 5. The van der Waals surface area contributed by atoms with Crippen molar-refractivity contribution in [1.29, 1.82) is 0 Å². The molecule has 6 heteroatoms. The van der Waals surface area contributed by atoms with E-state index in [0.29, 0.717) is 17.5 Å². The molecule has 0 spiro atoms. The largest absolute Gasteiger partial charge is 0.456 e. The number of rotatable bonds is 5. The fourth-order valence-electron chi connectivity index (χ4n) is 8.49. The fourth-order valence-corrected chi connectivity index (χ4v) is 9.62. The van der Waals surface area contributed by atoms with E-state index in [4.69, 9.17) is 19.4 Å². The highest BCUT2D eigenvalue weighted by molar-refractivity contribution is 7.25. The lowest BCUT2D eigenvalue weighted by molar-refractivity contribution is 0.669. The molecule has 0 aliphatic rings. The normalized spacial score (nSPS) is 11.9. The predicted molar refractivity (Wildman–Crippen MR) is 236 cm³/mol. The van der Waals surface area contributed by atoms with E-state index < -0.39 is 0 Å². The van der Waals surface area contributed by atoms with E-state index in [9.17, 15) is 0 Å². The van der Waals surface area contributed by atoms with Crippen LogP contribution in [0.25, 0.3) is 115 Å². The van der Waals surface area contributed by atoms with Crippen molar-refractivity contribution in [2.75, 3.05) is 0 Å². The molecule has 0 saturated carbocycles. The quantitative estimate of drug-likeness (QED) is 0.176. The monoisotopic (exact) mass is 746 g/mol. The molecule has 5 nitrogen and oxygen atoms in total. The molecule has 0 atom stereocenters. The first-order valence-electron chi connectivity index (χ1n) is 19.0. The maximum atomic E-state index is 6.56. The Morgan fingerprint density at radius 3 is 1.95 bits per heavy atom. The van der Waals surface area contributed by atoms with Crippen molar-refractivity contribution in [1.82, 2.24) is 19.5 Å². The minimum atomic E-state index is 0.581. The zero-order chi connectivity index (χ0) is 37.5. The molecule has 12 aromatic rings. The Balaban J connectivity index is 1.04. The Labute approximate surface area is 330 Å². The lowest BCUT2D eigenvalue weighted by Gasteiger charge is -2.12. The molecule has 0 aliphatic carbocycles. The van der Waals surface area contributed by atoms with Crippen LogP contribution in [0.1, 0.15) is 0 Å². The van der Waals surface area contributed by atoms with Gasteiger partial charge in [0.2, 0.25) is 0 Å². The minimum absolute atomic E-state index is 0.581. The number of benzene rings is 8. The molecule has 4 heterocycles. The molecule has 0 saturated heterocycles. The van der Waals surface area contributed by atoms with Gasteiger partial charge < -0.3 is 8.98 Å². The van der Waals surface area contributed by atoms with E-state index in [1.165, 1.54) is 36.7 Å². The van der Waals surface area contributed by atoms with Gasteiger partial charge in [-0.15, -0.1) is 11.3 Å². The zero-order valence-corrected chi connectivity index (χ0v) is 31.2. The first-order valence-corrected chi connectivity index (χ1v) is 19.8. The molecule has 8 aromatic carbocycles. The van der Waals surface area contributed by atoms with Crippen molar-refractivity contribution < 1.29 is 4.42 Å². The maximum Gasteiger partial charge on any atom is 0.166 e. The van der Waals surface area contributed by atoms with E-state index in [1.54, 1.807) is 0 Å². The summed E-state index contributed by atoms with van der Waals surface area (Å²) in [5.41, 5.74) is 9.98. The van der Waals surface area contributed by atoms with Gasteiger partial charge in [0.25, 0.3) is 0 Å². The lowest BCUT2D eigenvalue weighted by Crippen LogP contribution is -2.02. The van der Waals surface area contributed by atoms with Crippen LogP contribution >= 0.6 is 11.3 Å². The predicted octanol–water partition coefficient (Wildman–Crippen LogP) is 13.9. The first-order chi connectivity index (χ1) is 28.2. The molecule has 0 amide bonds. The van der Waals surface area contributed by atoms with Crippen molar-refractivity contribution in [2.24, 2.45) is 0 Å². The van der Waals surface area contributed by atoms with Crippen molar-refractivity contribution in [2.45, 2.75) is 0 Å². The Morgan fingerprint density at radius 2 is 1.07 bits per heavy atom. The first kappa shape index (κ1) is 31.9. The average molecular weight is 747 g/mol. The van der Waals surface area contributed by atoms with Crippen molar-refractivity contribution in [3.63, 3.8) is 0 Å². The van der Waals surface area contributed by atoms with E-state index >= 15 is 0 Å². The molecular weight excluding hydrogens is 717 g/mol. The molecule has 0 aliphatic heterocycles. The Hall–Kier alpha value is -7.41. The Bertz CT molecular complexity index is 3530. The highest BCUT2D eigenvalue weighted by atomic mass is 32.1. The number of hydrogen-bond donors (Lipinski definition) is 0. The minimum Gasteiger partial charge on any atom is -0.456 e. The second-order valence-corrected chi connectivity index (χ2v) is 15.4. The van der Waals surface area contributed by atoms with E-state index in [2.05, 4.69) is 150 Å². The number of aromatic nitrogens is 4. The van der Waals surface area contributed by atoms with Gasteiger partial charge in [-0.25, -0.2) is 15.0 Å². The standard InChI is InChI=1S/C51H30N4OS/c1-3-13-31(14-4-1)49-52-50(54-51(53-49)40-21-11-20-38-36-17-7-9-22-42(36)55(48(38)40)34-15-5-2-6-16-34)33-25-27-37-41-29-32(26-28-43(41)56-44(37)30-33)35-19-12-24-46-47(35)39-18-8-10-23-45(39)57-46/h1-30H. The van der Waals surface area contributed by atoms with Gasteiger partial charge in [-0.05, 0) is 71.8 Å². The second-order valence-electron chi connectivity index (χ2n) is 14.4. The molecule has 57 heavy (non-hydrogen) atoms. The zero-order valence-electron chi connectivity index (χ0n) is 30.4. The van der Waals surface area contributed by atoms with Gasteiger partial charge in [0.05, 0.1) is 11.0 Å². The lowest BCUT2D eigenvalue weighted by atomic mass is 9.98. The average Bonchev–Trinajstić information content (AvgIpc) is 3.96. The summed E-state index contributed by atoms with van der Waals surface area (Å²) < 4.78 is 11.5. The number of nitrogens with zero attached hydrogens (tertiary/aromatic N) is 4. The summed E-state index contributed by atoms with van der Waals surface area (Å²) in [6.45, 7) is 0. The smallest absolute Gasteiger partial charge is 0.166 e. The van der Waals surface area contributed by atoms with Crippen LogP contribution in [0.4, 0.5) is 0 Å². The van der Waals surface area contributed by atoms with Crippen LogP contribution in [0.2, 0.25) is 0 Å². The van der Waals surface area contributed by atoms with Crippen LogP contribution in [0.3, 0.4) is 0 Å². The summed E-state index contributed by atoms with van der Waals surface area (Å²) in [7, 11) is 0. The van der Waals surface area contributed by atoms with E-state index in [-0.39, 0.29) is 0 Å². The van der Waals surface area contributed by atoms with Gasteiger partial charge >= 0.3 is 0 Å². The van der Waals surface area contributed by atoms with Crippen molar-refractivity contribution in [3.8, 4) is 51.0 Å². The van der Waals surface area contributed by atoms with Crippen LogP contribution in [0.5, 0.6) is 0 Å². The summed E-state index contributed by atoms with van der Waals surface area (Å²) in [5, 5.41) is 7.03. The third kappa shape index (κ3) is 5.04. The number of furan rings is 1. The fraction of sp³-hybridized carbons (Fsp3) is 0. The van der Waals surface area contributed by atoms with Crippen LogP contribution in [-0.4, -0.2) is 19.5 Å². The van der Waals surface area contributed by atoms with E-state index in [1.807, 2.05) is 47.7 Å². The van der Waals surface area contributed by atoms with Gasteiger partial charge in [-0.3, -0.25) is 0 Å². The van der Waals surface area contributed by atoms with Crippen LogP contribution in [-0.2, 0) is 0 Å². The molecule has 0 radical (unpaired) electrons. The van der Waals surface area contributed by atoms with Crippen LogP contribution < -0.4 is 0 Å². The summed E-state index contributed by atoms with van der Waals surface area (Å²) >= 11 is 1.84. The molecule has 0 bridgehead atoms. The molecular formula is C51H30N4OS. The highest BCUT2D eigenvalue weighted by Crippen LogP contribution is 2.42. The van der Waals surface area contributed by atoms with Gasteiger partial charge in [0.1, 0.15) is 11.2 Å². The summed E-state index contributed by atoms with van der Waals surface area (Å²) in [6, 6.07) is 63.7. The van der Waals surface area contributed by atoms with Gasteiger partial charge in [0.15, 0.2) is 17.5 Å². The Kier molecular flexibility index (Phi) is 7.03. The van der Waals surface area contributed by atoms with Crippen molar-refractivity contribution >= 4 is 75.3 Å². The third-order valence-electron chi connectivity index (χ3n) is 11.1. The molecule has 4 aromatic heterocycles. The highest BCUT2D eigenvalue weighted by Gasteiger charge is 2.21. The summed E-state index contributed by atoms with van der Waals surface area (Å²) in [5.74, 6) is 1.80. The summed E-state index contributed by atoms with van der Waals surface area (Å²) in [6.07, 6.45) is 0. The topological polar surface area (TPSA) is 56.7 Å². The number of thiophene rings is 1. The number of para-hydroxylation sites is 3. The van der Waals surface area contributed by atoms with Gasteiger partial charge in [-0.2, -0.15) is 0 Å². The van der Waals surface area contributed by atoms with Crippen LogP contribution in [0.15, 0.2) is 186 Å². The maximum absolute atomic E-state index is 6.56.